The van der Waals surface area contributed by atoms with E-state index in [1.165, 1.54) is 4.90 Å². The molecular weight excluding hydrogens is 356 g/mol. The van der Waals surface area contributed by atoms with E-state index in [1.54, 1.807) is 31.2 Å². The molecule has 2 amide bonds. The first kappa shape index (κ1) is 19.6. The van der Waals surface area contributed by atoms with Gasteiger partial charge in [0.2, 0.25) is 5.91 Å². The molecule has 6 heteroatoms. The summed E-state index contributed by atoms with van der Waals surface area (Å²) in [7, 11) is 0. The minimum Gasteiger partial charge on any atom is -0.479 e. The quantitative estimate of drug-likeness (QED) is 0.775. The van der Waals surface area contributed by atoms with Crippen molar-refractivity contribution in [3.05, 3.63) is 53.6 Å². The smallest absolute Gasteiger partial charge is 0.268 e. The Morgan fingerprint density at radius 1 is 1.18 bits per heavy atom. The van der Waals surface area contributed by atoms with Crippen molar-refractivity contribution in [1.29, 1.82) is 0 Å². The molecule has 1 unspecified atom stereocenters. The van der Waals surface area contributed by atoms with Crippen LogP contribution in [-0.4, -0.2) is 30.2 Å². The van der Waals surface area contributed by atoms with Gasteiger partial charge >= 0.3 is 0 Å². The number of hydrogen-bond donors (Lipinski definition) is 1. The van der Waals surface area contributed by atoms with E-state index in [0.717, 1.165) is 12.0 Å². The lowest BCUT2D eigenvalue weighted by Crippen LogP contribution is -2.47. The Bertz CT molecular complexity index is 923. The molecule has 1 atom stereocenters. The number of carbonyl (C=O) groups excluding carboxylic acids is 3. The Hall–Kier alpha value is -3.15. The van der Waals surface area contributed by atoms with Gasteiger partial charge in [-0.15, -0.1) is 0 Å². The van der Waals surface area contributed by atoms with Crippen molar-refractivity contribution in [2.45, 2.75) is 39.7 Å². The van der Waals surface area contributed by atoms with Crippen LogP contribution in [0.2, 0.25) is 0 Å². The first-order valence-corrected chi connectivity index (χ1v) is 9.41. The number of nitrogens with one attached hydrogen (secondary N) is 1. The second-order valence-corrected chi connectivity index (χ2v) is 6.96. The van der Waals surface area contributed by atoms with Crippen LogP contribution < -0.4 is 15.0 Å². The summed E-state index contributed by atoms with van der Waals surface area (Å²) in [6.45, 7) is 5.37. The molecule has 28 heavy (non-hydrogen) atoms. The van der Waals surface area contributed by atoms with E-state index in [9.17, 15) is 14.4 Å². The van der Waals surface area contributed by atoms with Crippen LogP contribution in [0.4, 0.5) is 11.4 Å². The van der Waals surface area contributed by atoms with Crippen LogP contribution in [0.1, 0.15) is 42.6 Å². The molecule has 146 valence electrons. The summed E-state index contributed by atoms with van der Waals surface area (Å²) >= 11 is 0. The molecule has 1 N–H and O–H groups in total. The van der Waals surface area contributed by atoms with Gasteiger partial charge in [-0.1, -0.05) is 19.1 Å². The van der Waals surface area contributed by atoms with Crippen LogP contribution in [-0.2, 0) is 9.59 Å². The maximum Gasteiger partial charge on any atom is 0.268 e. The van der Waals surface area contributed by atoms with Gasteiger partial charge in [-0.05, 0) is 56.2 Å². The number of anilines is 2. The van der Waals surface area contributed by atoms with E-state index >= 15 is 0 Å². The molecule has 1 heterocycles. The number of Topliss-reactive ketones (excluding diaryl/α,β-unsaturated/α-hetero) is 1. The highest BCUT2D eigenvalue weighted by molar-refractivity contribution is 6.07. The van der Waals surface area contributed by atoms with Gasteiger partial charge in [0.15, 0.2) is 11.9 Å². The van der Waals surface area contributed by atoms with Gasteiger partial charge in [0.25, 0.3) is 5.91 Å². The first-order valence-electron chi connectivity index (χ1n) is 9.41. The second-order valence-electron chi connectivity index (χ2n) is 6.96. The minimum absolute atomic E-state index is 0.000494. The van der Waals surface area contributed by atoms with Gasteiger partial charge in [0, 0.05) is 17.7 Å². The third kappa shape index (κ3) is 4.22. The predicted molar refractivity (Wildman–Crippen MR) is 108 cm³/mol. The fourth-order valence-corrected chi connectivity index (χ4v) is 3.18. The van der Waals surface area contributed by atoms with E-state index in [2.05, 4.69) is 5.32 Å². The Balaban J connectivity index is 1.85. The molecule has 0 aliphatic carbocycles. The van der Waals surface area contributed by atoms with Crippen LogP contribution in [0.15, 0.2) is 42.5 Å². The van der Waals surface area contributed by atoms with Crippen molar-refractivity contribution in [3.8, 4) is 5.75 Å². The summed E-state index contributed by atoms with van der Waals surface area (Å²) in [4.78, 5) is 38.9. The Morgan fingerprint density at radius 2 is 1.96 bits per heavy atom. The lowest BCUT2D eigenvalue weighted by atomic mass is 10.0. The number of ether oxygens (including phenoxy) is 1. The summed E-state index contributed by atoms with van der Waals surface area (Å²) in [5.74, 6) is -0.139. The highest BCUT2D eigenvalue weighted by Gasteiger charge is 2.33. The third-order valence-electron chi connectivity index (χ3n) is 4.57. The van der Waals surface area contributed by atoms with E-state index in [4.69, 9.17) is 4.74 Å². The molecule has 0 saturated heterocycles. The summed E-state index contributed by atoms with van der Waals surface area (Å²) in [5, 5.41) is 2.81. The predicted octanol–water partition coefficient (Wildman–Crippen LogP) is 3.73. The number of ketones is 1. The fourth-order valence-electron chi connectivity index (χ4n) is 3.18. The van der Waals surface area contributed by atoms with Crippen LogP contribution in [0, 0.1) is 6.92 Å². The maximum atomic E-state index is 12.7. The van der Waals surface area contributed by atoms with Gasteiger partial charge in [-0.3, -0.25) is 19.3 Å². The Kier molecular flexibility index (Phi) is 5.78. The molecule has 0 spiro atoms. The summed E-state index contributed by atoms with van der Waals surface area (Å²) in [6, 6.07) is 12.5. The van der Waals surface area contributed by atoms with E-state index in [1.807, 2.05) is 32.0 Å². The van der Waals surface area contributed by atoms with E-state index in [0.29, 0.717) is 29.1 Å². The lowest BCUT2D eigenvalue weighted by Gasteiger charge is -2.32. The average molecular weight is 380 g/mol. The van der Waals surface area contributed by atoms with Gasteiger partial charge < -0.3 is 10.1 Å². The van der Waals surface area contributed by atoms with Crippen molar-refractivity contribution in [2.24, 2.45) is 0 Å². The second kappa shape index (κ2) is 8.25. The van der Waals surface area contributed by atoms with Crippen molar-refractivity contribution in [3.63, 3.8) is 0 Å². The normalized spacial score (nSPS) is 15.6. The van der Waals surface area contributed by atoms with Crippen molar-refractivity contribution >= 4 is 29.0 Å². The topological polar surface area (TPSA) is 75.7 Å². The molecule has 0 radical (unpaired) electrons. The highest BCUT2D eigenvalue weighted by Crippen LogP contribution is 2.35. The van der Waals surface area contributed by atoms with Crippen LogP contribution >= 0.6 is 0 Å². The van der Waals surface area contributed by atoms with Gasteiger partial charge in [-0.2, -0.15) is 0 Å². The monoisotopic (exact) mass is 380 g/mol. The number of hydrogen-bond acceptors (Lipinski definition) is 4. The third-order valence-corrected chi connectivity index (χ3v) is 4.57. The standard InChI is InChI=1S/C22H24N2O4/c1-4-6-19(25)16-9-10-20-18(12-16)24(22(27)15(3)28-20)13-21(26)23-17-8-5-7-14(2)11-17/h5,7-12,15H,4,6,13H2,1-3H3,(H,23,26). The first-order chi connectivity index (χ1) is 13.4. The van der Waals surface area contributed by atoms with Crippen LogP contribution in [0.25, 0.3) is 0 Å². The molecule has 3 rings (SSSR count). The van der Waals surface area contributed by atoms with E-state index < -0.39 is 6.10 Å². The zero-order valence-electron chi connectivity index (χ0n) is 16.3. The zero-order valence-corrected chi connectivity index (χ0v) is 16.3. The largest absolute Gasteiger partial charge is 0.479 e. The molecular formula is C22H24N2O4. The Labute approximate surface area is 164 Å². The molecule has 0 bridgehead atoms. The lowest BCUT2D eigenvalue weighted by molar-refractivity contribution is -0.127. The number of carbonyl (C=O) groups is 3. The number of fused-ring (bicyclic) bond motifs is 1. The molecule has 0 saturated carbocycles. The summed E-state index contributed by atoms with van der Waals surface area (Å²) in [6.07, 6.45) is 0.472. The van der Waals surface area contributed by atoms with Gasteiger partial charge in [0.05, 0.1) is 5.69 Å². The number of nitrogens with zero attached hydrogens (tertiary/aromatic N) is 1. The molecule has 1 aliphatic heterocycles. The SMILES string of the molecule is CCCC(=O)c1ccc2c(c1)N(CC(=O)Nc1cccc(C)c1)C(=O)C(C)O2. The molecule has 2 aromatic rings. The van der Waals surface area contributed by atoms with Crippen molar-refractivity contribution in [1.82, 2.24) is 0 Å². The molecule has 0 fully saturated rings. The summed E-state index contributed by atoms with van der Waals surface area (Å²) < 4.78 is 5.65. The fraction of sp³-hybridized carbons (Fsp3) is 0.318. The van der Waals surface area contributed by atoms with Crippen molar-refractivity contribution in [2.75, 3.05) is 16.8 Å². The van der Waals surface area contributed by atoms with Crippen molar-refractivity contribution < 1.29 is 19.1 Å². The number of amides is 2. The van der Waals surface area contributed by atoms with Crippen LogP contribution in [0.5, 0.6) is 5.75 Å². The average Bonchev–Trinajstić information content (AvgIpc) is 2.65. The minimum atomic E-state index is -0.698. The molecule has 2 aromatic carbocycles. The number of rotatable bonds is 6. The summed E-state index contributed by atoms with van der Waals surface area (Å²) in [5.41, 5.74) is 2.66. The molecule has 6 nitrogen and oxygen atoms in total. The van der Waals surface area contributed by atoms with Crippen LogP contribution in [0.3, 0.4) is 0 Å². The Morgan fingerprint density at radius 3 is 2.68 bits per heavy atom. The van der Waals surface area contributed by atoms with Gasteiger partial charge in [-0.25, -0.2) is 0 Å². The zero-order chi connectivity index (χ0) is 20.3. The molecule has 0 aromatic heterocycles. The maximum absolute atomic E-state index is 12.7. The number of aryl methyl sites for hydroxylation is 1. The highest BCUT2D eigenvalue weighted by atomic mass is 16.5. The number of benzene rings is 2. The van der Waals surface area contributed by atoms with Gasteiger partial charge in [0.1, 0.15) is 12.3 Å². The molecule has 1 aliphatic rings. The van der Waals surface area contributed by atoms with E-state index in [-0.39, 0.29) is 24.1 Å².